The number of carboxylic acids is 1. The summed E-state index contributed by atoms with van der Waals surface area (Å²) in [5, 5.41) is 11.4. The Balaban J connectivity index is 1.49. The maximum atomic E-state index is 14.5. The number of nitrogens with one attached hydrogen (secondary N) is 2. The van der Waals surface area contributed by atoms with Crippen LogP contribution in [0.5, 0.6) is 5.75 Å². The molecule has 1 amide bonds. The van der Waals surface area contributed by atoms with Crippen molar-refractivity contribution in [1.29, 1.82) is 0 Å². The number of aryl methyl sites for hydroxylation is 1. The Morgan fingerprint density at radius 1 is 1.03 bits per heavy atom. The van der Waals surface area contributed by atoms with Crippen molar-refractivity contribution in [3.8, 4) is 5.75 Å². The van der Waals surface area contributed by atoms with Crippen LogP contribution in [0.25, 0.3) is 10.9 Å². The molecule has 0 aliphatic heterocycles. The summed E-state index contributed by atoms with van der Waals surface area (Å²) >= 11 is 0. The first-order valence-electron chi connectivity index (χ1n) is 10.9. The number of aromatic carboxylic acids is 1. The van der Waals surface area contributed by atoms with Crippen molar-refractivity contribution < 1.29 is 28.2 Å². The summed E-state index contributed by atoms with van der Waals surface area (Å²) < 4.78 is 33.5. The topological polar surface area (TPSA) is 121 Å². The number of nitrogens with zero attached hydrogens (tertiary/aromatic N) is 1. The van der Waals surface area contributed by atoms with E-state index in [9.17, 15) is 23.2 Å². The molecule has 0 bridgehead atoms. The van der Waals surface area contributed by atoms with E-state index in [1.807, 2.05) is 0 Å². The van der Waals surface area contributed by atoms with Crippen LogP contribution in [-0.2, 0) is 13.0 Å². The second-order valence-electron chi connectivity index (χ2n) is 8.05. The monoisotopic (exact) mass is 493 g/mol. The minimum Gasteiger partial charge on any atom is -0.489 e. The lowest BCUT2D eigenvalue weighted by Gasteiger charge is -2.11. The smallest absolute Gasteiger partial charge is 0.335 e. The third-order valence-electron chi connectivity index (χ3n) is 5.51. The molecular formula is C26H21F2N3O5. The molecule has 1 heterocycles. The first-order valence-corrected chi connectivity index (χ1v) is 10.9. The molecule has 0 aliphatic carbocycles. The first kappa shape index (κ1) is 24.5. The summed E-state index contributed by atoms with van der Waals surface area (Å²) in [7, 11) is 0. The number of rotatable bonds is 8. The number of carboxylic acid groups (broad SMARTS) is 1. The van der Waals surface area contributed by atoms with Gasteiger partial charge in [-0.05, 0) is 53.9 Å². The molecule has 0 saturated heterocycles. The van der Waals surface area contributed by atoms with Crippen LogP contribution in [0, 0.1) is 18.6 Å². The number of halogens is 2. The summed E-state index contributed by atoms with van der Waals surface area (Å²) in [6.07, 6.45) is 0.338. The third kappa shape index (κ3) is 5.38. The summed E-state index contributed by atoms with van der Waals surface area (Å²) in [5.74, 6) is -3.38. The Morgan fingerprint density at radius 2 is 1.72 bits per heavy atom. The highest BCUT2D eigenvalue weighted by Gasteiger charge is 2.18. The van der Waals surface area contributed by atoms with E-state index >= 15 is 0 Å². The van der Waals surface area contributed by atoms with Crippen molar-refractivity contribution in [3.05, 3.63) is 105 Å². The molecule has 184 valence electrons. The largest absolute Gasteiger partial charge is 0.489 e. The van der Waals surface area contributed by atoms with E-state index in [1.54, 1.807) is 25.1 Å². The zero-order chi connectivity index (χ0) is 25.8. The fraction of sp³-hybridized carbons (Fsp3) is 0.154. The Labute approximate surface area is 203 Å². The van der Waals surface area contributed by atoms with Gasteiger partial charge in [0, 0.05) is 13.0 Å². The Kier molecular flexibility index (Phi) is 7.05. The van der Waals surface area contributed by atoms with Gasteiger partial charge in [-0.2, -0.15) is 0 Å². The van der Waals surface area contributed by atoms with E-state index in [1.165, 1.54) is 30.3 Å². The number of fused-ring (bicyclic) bond motifs is 1. The highest BCUT2D eigenvalue weighted by atomic mass is 19.1. The van der Waals surface area contributed by atoms with Gasteiger partial charge in [-0.3, -0.25) is 9.59 Å². The van der Waals surface area contributed by atoms with Gasteiger partial charge >= 0.3 is 5.97 Å². The van der Waals surface area contributed by atoms with E-state index in [4.69, 9.17) is 9.84 Å². The Hall–Kier alpha value is -4.60. The van der Waals surface area contributed by atoms with E-state index in [2.05, 4.69) is 15.3 Å². The zero-order valence-electron chi connectivity index (χ0n) is 19.1. The molecular weight excluding hydrogens is 472 g/mol. The standard InChI is InChI=1S/C26H21F2N3O5/c1-14-12-16(4-7-18(14)27)13-29-25(33)23-30-20-9-8-19(28)22(21(20)24(32)31-23)36-11-10-15-2-5-17(6-3-15)26(34)35/h2-9,12H,10-11,13H2,1H3,(H,29,33)(H,34,35)(H,30,31,32). The third-order valence-corrected chi connectivity index (χ3v) is 5.51. The molecule has 10 heteroatoms. The van der Waals surface area contributed by atoms with Crippen molar-refractivity contribution in [1.82, 2.24) is 15.3 Å². The number of hydrogen-bond donors (Lipinski definition) is 3. The number of H-pyrrole nitrogens is 1. The molecule has 3 N–H and O–H groups in total. The maximum Gasteiger partial charge on any atom is 0.335 e. The SMILES string of the molecule is Cc1cc(CNC(=O)c2nc3ccc(F)c(OCCc4ccc(C(=O)O)cc4)c3c(=O)[nH]2)ccc1F. The molecule has 0 spiro atoms. The normalized spacial score (nSPS) is 10.9. The Bertz CT molecular complexity index is 1520. The molecule has 3 aromatic carbocycles. The number of hydrogen-bond acceptors (Lipinski definition) is 5. The van der Waals surface area contributed by atoms with E-state index in [-0.39, 0.29) is 47.0 Å². The number of amides is 1. The molecule has 4 aromatic rings. The summed E-state index contributed by atoms with van der Waals surface area (Å²) in [5.41, 5.74) is 1.34. The number of benzene rings is 3. The predicted molar refractivity (Wildman–Crippen MR) is 127 cm³/mol. The maximum absolute atomic E-state index is 14.5. The first-order chi connectivity index (χ1) is 17.2. The fourth-order valence-electron chi connectivity index (χ4n) is 3.59. The highest BCUT2D eigenvalue weighted by molar-refractivity contribution is 5.93. The summed E-state index contributed by atoms with van der Waals surface area (Å²) in [6, 6.07) is 13.0. The molecule has 0 fully saturated rings. The van der Waals surface area contributed by atoms with Gasteiger partial charge in [0.2, 0.25) is 0 Å². The number of aromatic nitrogens is 2. The molecule has 0 aliphatic rings. The molecule has 0 saturated carbocycles. The number of ether oxygens (including phenoxy) is 1. The van der Waals surface area contributed by atoms with E-state index in [0.29, 0.717) is 17.5 Å². The van der Waals surface area contributed by atoms with Crippen molar-refractivity contribution in [3.63, 3.8) is 0 Å². The zero-order valence-corrected chi connectivity index (χ0v) is 19.1. The van der Waals surface area contributed by atoms with Gasteiger partial charge < -0.3 is 20.1 Å². The minimum absolute atomic E-state index is 0.0151. The van der Waals surface area contributed by atoms with Gasteiger partial charge in [0.05, 0.1) is 17.7 Å². The van der Waals surface area contributed by atoms with Crippen molar-refractivity contribution >= 4 is 22.8 Å². The molecule has 1 aromatic heterocycles. The van der Waals surface area contributed by atoms with E-state index in [0.717, 1.165) is 11.6 Å². The molecule has 8 nitrogen and oxygen atoms in total. The highest BCUT2D eigenvalue weighted by Crippen LogP contribution is 2.25. The van der Waals surface area contributed by atoms with Crippen LogP contribution < -0.4 is 15.6 Å². The number of carbonyl (C=O) groups excluding carboxylic acids is 1. The number of carbonyl (C=O) groups is 2. The molecule has 0 radical (unpaired) electrons. The average Bonchev–Trinajstić information content (AvgIpc) is 2.86. The average molecular weight is 493 g/mol. The van der Waals surface area contributed by atoms with Gasteiger partial charge in [0.25, 0.3) is 11.5 Å². The predicted octanol–water partition coefficient (Wildman–Crippen LogP) is 3.76. The molecule has 0 atom stereocenters. The van der Waals surface area contributed by atoms with Gasteiger partial charge in [-0.15, -0.1) is 0 Å². The summed E-state index contributed by atoms with van der Waals surface area (Å²) in [4.78, 5) is 42.8. The minimum atomic E-state index is -1.04. The van der Waals surface area contributed by atoms with Gasteiger partial charge in [0.1, 0.15) is 11.2 Å². The number of aromatic amines is 1. The molecule has 36 heavy (non-hydrogen) atoms. The second kappa shape index (κ2) is 10.3. The molecule has 4 rings (SSSR count). The summed E-state index contributed by atoms with van der Waals surface area (Å²) in [6.45, 7) is 1.71. The van der Waals surface area contributed by atoms with Gasteiger partial charge in [-0.1, -0.05) is 24.3 Å². The van der Waals surface area contributed by atoms with Crippen LogP contribution in [-0.4, -0.2) is 33.6 Å². The van der Waals surface area contributed by atoms with Crippen LogP contribution >= 0.6 is 0 Å². The van der Waals surface area contributed by atoms with Crippen LogP contribution in [0.2, 0.25) is 0 Å². The lowest BCUT2D eigenvalue weighted by atomic mass is 10.1. The van der Waals surface area contributed by atoms with Crippen molar-refractivity contribution in [2.75, 3.05) is 6.61 Å². The van der Waals surface area contributed by atoms with Crippen LogP contribution in [0.3, 0.4) is 0 Å². The quantitative estimate of drug-likeness (QED) is 0.344. The lowest BCUT2D eigenvalue weighted by Crippen LogP contribution is -2.27. The fourth-order valence-corrected chi connectivity index (χ4v) is 3.59. The van der Waals surface area contributed by atoms with Gasteiger partial charge in [0.15, 0.2) is 17.4 Å². The van der Waals surface area contributed by atoms with Crippen molar-refractivity contribution in [2.45, 2.75) is 19.9 Å². The second-order valence-corrected chi connectivity index (χ2v) is 8.05. The van der Waals surface area contributed by atoms with Crippen molar-refractivity contribution in [2.24, 2.45) is 0 Å². The van der Waals surface area contributed by atoms with Crippen LogP contribution in [0.1, 0.15) is 37.7 Å². The van der Waals surface area contributed by atoms with Crippen LogP contribution in [0.15, 0.2) is 59.4 Å². The van der Waals surface area contributed by atoms with Crippen LogP contribution in [0.4, 0.5) is 8.78 Å². The van der Waals surface area contributed by atoms with E-state index < -0.39 is 23.3 Å². The lowest BCUT2D eigenvalue weighted by molar-refractivity contribution is 0.0696. The van der Waals surface area contributed by atoms with Gasteiger partial charge in [-0.25, -0.2) is 18.6 Å². The molecule has 0 unspecified atom stereocenters. The Morgan fingerprint density at radius 3 is 2.42 bits per heavy atom.